The third kappa shape index (κ3) is 6.46. The number of thioether (sulfide) groups is 1. The van der Waals surface area contributed by atoms with Gasteiger partial charge in [0.05, 0.1) is 12.2 Å². The van der Waals surface area contributed by atoms with E-state index in [1.807, 2.05) is 30.3 Å². The maximum Gasteiger partial charge on any atom is 0.192 e. The Kier molecular flexibility index (Phi) is 8.39. The van der Waals surface area contributed by atoms with Crippen LogP contribution in [0.15, 0.2) is 35.2 Å². The van der Waals surface area contributed by atoms with Crippen molar-refractivity contribution in [3.05, 3.63) is 30.3 Å². The Bertz CT molecular complexity index is 713. The highest BCUT2D eigenvalue weighted by atomic mass is 32.2. The van der Waals surface area contributed by atoms with Crippen LogP contribution in [0.2, 0.25) is 36.3 Å². The second kappa shape index (κ2) is 9.60. The molecule has 1 N–H and O–H groups in total. The summed E-state index contributed by atoms with van der Waals surface area (Å²) in [5.41, 5.74) is -0.397. The van der Waals surface area contributed by atoms with E-state index in [0.717, 1.165) is 4.90 Å². The molecule has 1 fully saturated rings. The van der Waals surface area contributed by atoms with Gasteiger partial charge in [-0.2, -0.15) is 0 Å². The third-order valence-electron chi connectivity index (χ3n) is 7.22. The second-order valence-electron chi connectivity index (χ2n) is 11.8. The van der Waals surface area contributed by atoms with Crippen molar-refractivity contribution in [1.82, 2.24) is 0 Å². The highest BCUT2D eigenvalue weighted by molar-refractivity contribution is 7.99. The van der Waals surface area contributed by atoms with E-state index in [9.17, 15) is 5.11 Å². The lowest BCUT2D eigenvalue weighted by atomic mass is 10.0. The third-order valence-corrected chi connectivity index (χ3v) is 17.3. The van der Waals surface area contributed by atoms with Gasteiger partial charge in [-0.3, -0.25) is 0 Å². The first-order valence-corrected chi connectivity index (χ1v) is 18.1. The molecule has 1 aromatic carbocycles. The number of ether oxygens (including phenoxy) is 1. The standard InChI is InChI=1S/C24H44O4SSi2/c1-17-20(27-30(8,9)23(2,3)4)21(28-31(10,11)24(5,6)7)19(25)22(26-17)29-18-15-13-12-14-16-18/h12-17,19-22,25H,1-11H3/t17-,19+,20-,21-,22-/m1/s1. The molecule has 0 spiro atoms. The largest absolute Gasteiger partial charge is 0.409 e. The summed E-state index contributed by atoms with van der Waals surface area (Å²) in [7, 11) is -4.22. The molecule has 7 heteroatoms. The van der Waals surface area contributed by atoms with Crippen molar-refractivity contribution >= 4 is 28.4 Å². The van der Waals surface area contributed by atoms with Gasteiger partial charge in [-0.25, -0.2) is 0 Å². The minimum absolute atomic E-state index is 0.0395. The first kappa shape index (κ1) is 27.1. The van der Waals surface area contributed by atoms with Crippen LogP contribution >= 0.6 is 11.8 Å². The topological polar surface area (TPSA) is 47.9 Å². The Morgan fingerprint density at radius 3 is 1.74 bits per heavy atom. The van der Waals surface area contributed by atoms with E-state index < -0.39 is 34.3 Å². The number of hydrogen-bond donors (Lipinski definition) is 1. The minimum Gasteiger partial charge on any atom is -0.409 e. The molecular formula is C24H44O4SSi2. The predicted molar refractivity (Wildman–Crippen MR) is 137 cm³/mol. The summed E-state index contributed by atoms with van der Waals surface area (Å²) < 4.78 is 20.0. The normalized spacial score (nSPS) is 28.6. The summed E-state index contributed by atoms with van der Waals surface area (Å²) in [5.74, 6) is 0. The van der Waals surface area contributed by atoms with Crippen LogP contribution in [0.25, 0.3) is 0 Å². The smallest absolute Gasteiger partial charge is 0.192 e. The summed E-state index contributed by atoms with van der Waals surface area (Å²) in [5, 5.41) is 11.6. The van der Waals surface area contributed by atoms with Gasteiger partial charge in [-0.05, 0) is 55.3 Å². The number of benzene rings is 1. The summed E-state index contributed by atoms with van der Waals surface area (Å²) in [6.45, 7) is 24.4. The van der Waals surface area contributed by atoms with Gasteiger partial charge in [0.2, 0.25) is 0 Å². The fourth-order valence-electron chi connectivity index (χ4n) is 3.05. The Morgan fingerprint density at radius 1 is 0.839 bits per heavy atom. The molecule has 0 bridgehead atoms. The summed E-state index contributed by atoms with van der Waals surface area (Å²) >= 11 is 1.56. The first-order valence-electron chi connectivity index (χ1n) is 11.4. The van der Waals surface area contributed by atoms with E-state index in [4.69, 9.17) is 13.6 Å². The maximum absolute atomic E-state index is 11.5. The van der Waals surface area contributed by atoms with E-state index in [2.05, 4.69) is 74.7 Å². The van der Waals surface area contributed by atoms with Crippen molar-refractivity contribution in [3.63, 3.8) is 0 Å². The van der Waals surface area contributed by atoms with Crippen molar-refractivity contribution in [1.29, 1.82) is 0 Å². The highest BCUT2D eigenvalue weighted by Gasteiger charge is 2.52. The fraction of sp³-hybridized carbons (Fsp3) is 0.750. The van der Waals surface area contributed by atoms with E-state index in [0.29, 0.717) is 0 Å². The zero-order valence-electron chi connectivity index (χ0n) is 21.4. The number of aliphatic hydroxyl groups excluding tert-OH is 1. The monoisotopic (exact) mass is 484 g/mol. The van der Waals surface area contributed by atoms with Crippen LogP contribution in [0, 0.1) is 0 Å². The number of rotatable bonds is 6. The molecule has 2 rings (SSSR count). The predicted octanol–water partition coefficient (Wildman–Crippen LogP) is 6.67. The lowest BCUT2D eigenvalue weighted by Crippen LogP contribution is -2.63. The van der Waals surface area contributed by atoms with Gasteiger partial charge in [0.15, 0.2) is 16.6 Å². The molecule has 0 unspecified atom stereocenters. The van der Waals surface area contributed by atoms with Crippen LogP contribution in [0.4, 0.5) is 0 Å². The molecule has 0 aliphatic carbocycles. The van der Waals surface area contributed by atoms with Gasteiger partial charge in [-0.15, -0.1) is 0 Å². The molecule has 31 heavy (non-hydrogen) atoms. The Hall–Kier alpha value is -0.156. The Labute approximate surface area is 196 Å². The fourth-order valence-corrected chi connectivity index (χ4v) is 6.82. The average Bonchev–Trinajstić information content (AvgIpc) is 2.61. The van der Waals surface area contributed by atoms with Gasteiger partial charge in [-0.1, -0.05) is 71.5 Å². The number of aliphatic hydroxyl groups is 1. The molecule has 1 aromatic rings. The Balaban J connectivity index is 2.37. The minimum atomic E-state index is -2.14. The first-order chi connectivity index (χ1) is 14.0. The SMILES string of the molecule is C[C@H]1O[C@H](Sc2ccccc2)[C@@H](O)[C@@H](O[Si](C)(C)C(C)(C)C)[C@@H]1O[Si](C)(C)C(C)(C)C. The van der Waals surface area contributed by atoms with Crippen molar-refractivity contribution < 1.29 is 18.7 Å². The van der Waals surface area contributed by atoms with Crippen LogP contribution in [0.3, 0.4) is 0 Å². The van der Waals surface area contributed by atoms with Crippen molar-refractivity contribution in [2.75, 3.05) is 0 Å². The average molecular weight is 485 g/mol. The van der Waals surface area contributed by atoms with Gasteiger partial charge in [0, 0.05) is 4.90 Å². The van der Waals surface area contributed by atoms with Gasteiger partial charge >= 0.3 is 0 Å². The number of hydrogen-bond acceptors (Lipinski definition) is 5. The van der Waals surface area contributed by atoms with Crippen molar-refractivity contribution in [2.24, 2.45) is 0 Å². The molecule has 4 nitrogen and oxygen atoms in total. The summed E-state index contributed by atoms with van der Waals surface area (Å²) in [4.78, 5) is 1.08. The van der Waals surface area contributed by atoms with Crippen LogP contribution < -0.4 is 0 Å². The molecule has 1 aliphatic heterocycles. The van der Waals surface area contributed by atoms with Gasteiger partial charge in [0.1, 0.15) is 17.6 Å². The van der Waals surface area contributed by atoms with E-state index in [-0.39, 0.29) is 22.3 Å². The molecule has 178 valence electrons. The zero-order chi connectivity index (χ0) is 23.8. The van der Waals surface area contributed by atoms with Crippen molar-refractivity contribution in [3.8, 4) is 0 Å². The van der Waals surface area contributed by atoms with Gasteiger partial charge < -0.3 is 18.7 Å². The maximum atomic E-state index is 11.5. The van der Waals surface area contributed by atoms with E-state index >= 15 is 0 Å². The molecule has 1 aliphatic rings. The van der Waals surface area contributed by atoms with Crippen LogP contribution in [0.1, 0.15) is 48.5 Å². The molecule has 1 heterocycles. The molecule has 0 radical (unpaired) electrons. The zero-order valence-corrected chi connectivity index (χ0v) is 24.2. The lowest BCUT2D eigenvalue weighted by molar-refractivity contribution is -0.183. The van der Waals surface area contributed by atoms with Gasteiger partial charge in [0.25, 0.3) is 0 Å². The summed E-state index contributed by atoms with van der Waals surface area (Å²) in [6, 6.07) is 10.1. The Morgan fingerprint density at radius 2 is 1.29 bits per heavy atom. The van der Waals surface area contributed by atoms with E-state index in [1.54, 1.807) is 11.8 Å². The van der Waals surface area contributed by atoms with Crippen molar-refractivity contribution in [2.45, 2.75) is 119 Å². The van der Waals surface area contributed by atoms with E-state index in [1.165, 1.54) is 0 Å². The van der Waals surface area contributed by atoms with Crippen LogP contribution in [-0.2, 0) is 13.6 Å². The molecule has 0 aromatic heterocycles. The summed E-state index contributed by atoms with van der Waals surface area (Å²) in [6.07, 6.45) is -1.66. The van der Waals surface area contributed by atoms with Crippen LogP contribution in [0.5, 0.6) is 0 Å². The molecule has 5 atom stereocenters. The lowest BCUT2D eigenvalue weighted by Gasteiger charge is -2.51. The highest BCUT2D eigenvalue weighted by Crippen LogP contribution is 2.44. The molecule has 0 saturated carbocycles. The molecule has 0 amide bonds. The quantitative estimate of drug-likeness (QED) is 0.457. The molecular weight excluding hydrogens is 440 g/mol. The second-order valence-corrected chi connectivity index (χ2v) is 22.5. The molecule has 1 saturated heterocycles. The van der Waals surface area contributed by atoms with Crippen LogP contribution in [-0.4, -0.2) is 51.6 Å².